The summed E-state index contributed by atoms with van der Waals surface area (Å²) in [6.07, 6.45) is 0. The van der Waals surface area contributed by atoms with Gasteiger partial charge in [0.2, 0.25) is 0 Å². The van der Waals surface area contributed by atoms with Crippen molar-refractivity contribution < 1.29 is 4.74 Å². The van der Waals surface area contributed by atoms with Crippen LogP contribution in [0.3, 0.4) is 0 Å². The van der Waals surface area contributed by atoms with Crippen LogP contribution in [-0.4, -0.2) is 30.6 Å². The van der Waals surface area contributed by atoms with Gasteiger partial charge in [-0.15, -0.1) is 11.3 Å². The van der Waals surface area contributed by atoms with Gasteiger partial charge in [-0.1, -0.05) is 0 Å². The highest BCUT2D eigenvalue weighted by atomic mass is 32.2. The van der Waals surface area contributed by atoms with Crippen LogP contribution in [0.4, 0.5) is 5.00 Å². The van der Waals surface area contributed by atoms with E-state index in [-0.39, 0.29) is 0 Å². The van der Waals surface area contributed by atoms with Crippen molar-refractivity contribution in [2.45, 2.75) is 11.1 Å². The zero-order valence-corrected chi connectivity index (χ0v) is 9.79. The van der Waals surface area contributed by atoms with Gasteiger partial charge in [0.1, 0.15) is 0 Å². The molecule has 0 unspecified atom stereocenters. The molecule has 2 heterocycles. The molecular weight excluding hydrogens is 216 g/mol. The molecule has 0 aromatic carbocycles. The number of thiophene rings is 1. The monoisotopic (exact) mass is 230 g/mol. The van der Waals surface area contributed by atoms with E-state index < -0.39 is 0 Å². The summed E-state index contributed by atoms with van der Waals surface area (Å²) in [6, 6.07) is 2.15. The topological polar surface area (TPSA) is 38.5 Å². The van der Waals surface area contributed by atoms with Crippen LogP contribution in [0.1, 0.15) is 5.56 Å². The molecule has 1 aromatic rings. The van der Waals surface area contributed by atoms with Crippen molar-refractivity contribution in [3.63, 3.8) is 0 Å². The Morgan fingerprint density at radius 2 is 2.21 bits per heavy atom. The van der Waals surface area contributed by atoms with E-state index in [1.165, 1.54) is 9.77 Å². The molecule has 1 fully saturated rings. The second-order valence-corrected chi connectivity index (χ2v) is 5.73. The van der Waals surface area contributed by atoms with Crippen LogP contribution >= 0.6 is 23.3 Å². The van der Waals surface area contributed by atoms with E-state index in [2.05, 4.69) is 17.3 Å². The Hall–Kier alpha value is -0.230. The Morgan fingerprint density at radius 3 is 2.79 bits per heavy atom. The second-order valence-electron chi connectivity index (χ2n) is 3.25. The Kier molecular flexibility index (Phi) is 3.33. The third-order valence-corrected chi connectivity index (χ3v) is 4.38. The van der Waals surface area contributed by atoms with E-state index >= 15 is 0 Å². The summed E-state index contributed by atoms with van der Waals surface area (Å²) in [4.78, 5) is 0. The molecule has 5 heteroatoms. The van der Waals surface area contributed by atoms with Gasteiger partial charge in [-0.05, 0) is 30.5 Å². The molecule has 0 atom stereocenters. The number of nitrogen functional groups attached to an aromatic ring is 1. The van der Waals surface area contributed by atoms with E-state index in [4.69, 9.17) is 10.5 Å². The molecule has 2 N–H and O–H groups in total. The van der Waals surface area contributed by atoms with Crippen molar-refractivity contribution >= 4 is 28.3 Å². The Balaban J connectivity index is 1.95. The van der Waals surface area contributed by atoms with Gasteiger partial charge in [-0.3, -0.25) is 0 Å². The molecule has 3 nitrogen and oxygen atoms in total. The first kappa shape index (κ1) is 10.3. The van der Waals surface area contributed by atoms with E-state index in [1.54, 1.807) is 23.3 Å². The fourth-order valence-corrected chi connectivity index (χ4v) is 3.50. The lowest BCUT2D eigenvalue weighted by molar-refractivity contribution is 0.0774. The minimum atomic E-state index is 0.840. The van der Waals surface area contributed by atoms with E-state index in [9.17, 15) is 0 Å². The van der Waals surface area contributed by atoms with Gasteiger partial charge >= 0.3 is 0 Å². The number of hydrogen-bond donors (Lipinski definition) is 1. The van der Waals surface area contributed by atoms with E-state index in [0.29, 0.717) is 0 Å². The molecule has 1 aromatic heterocycles. The van der Waals surface area contributed by atoms with Gasteiger partial charge in [-0.2, -0.15) is 0 Å². The smallest absolute Gasteiger partial charge is 0.0898 e. The van der Waals surface area contributed by atoms with Crippen LogP contribution in [0.2, 0.25) is 0 Å². The van der Waals surface area contributed by atoms with Crippen molar-refractivity contribution in [3.8, 4) is 0 Å². The molecule has 0 aliphatic carbocycles. The average molecular weight is 230 g/mol. The molecule has 78 valence electrons. The van der Waals surface area contributed by atoms with E-state index in [1.807, 2.05) is 0 Å². The molecule has 2 rings (SSSR count). The van der Waals surface area contributed by atoms with Crippen molar-refractivity contribution in [2.75, 3.05) is 32.0 Å². The Bertz CT molecular complexity index is 288. The maximum Gasteiger partial charge on any atom is 0.0898 e. The molecule has 1 aliphatic rings. The SMILES string of the molecule is Cc1cc(SN2CCOCC2)sc1N. The number of hydrogen-bond acceptors (Lipinski definition) is 5. The van der Waals surface area contributed by atoms with E-state index in [0.717, 1.165) is 31.3 Å². The average Bonchev–Trinajstić information content (AvgIpc) is 2.47. The summed E-state index contributed by atoms with van der Waals surface area (Å²) in [6.45, 7) is 5.73. The third-order valence-electron chi connectivity index (χ3n) is 2.12. The lowest BCUT2D eigenvalue weighted by Crippen LogP contribution is -2.30. The summed E-state index contributed by atoms with van der Waals surface area (Å²) in [5, 5.41) is 0.931. The molecule has 0 radical (unpaired) electrons. The van der Waals surface area contributed by atoms with Gasteiger partial charge in [0, 0.05) is 13.1 Å². The number of ether oxygens (including phenoxy) is 1. The van der Waals surface area contributed by atoms with Gasteiger partial charge in [0.25, 0.3) is 0 Å². The lowest BCUT2D eigenvalue weighted by atomic mass is 10.4. The maximum absolute atomic E-state index is 5.81. The molecule has 0 amide bonds. The molecular formula is C9H14N2OS2. The highest BCUT2D eigenvalue weighted by molar-refractivity contribution is 7.99. The summed E-state index contributed by atoms with van der Waals surface area (Å²) in [5.74, 6) is 0. The molecule has 1 aliphatic heterocycles. The summed E-state index contributed by atoms with van der Waals surface area (Å²) in [7, 11) is 0. The van der Waals surface area contributed by atoms with Gasteiger partial charge < -0.3 is 10.5 Å². The second kappa shape index (κ2) is 4.53. The van der Waals surface area contributed by atoms with Crippen LogP contribution in [-0.2, 0) is 4.74 Å². The lowest BCUT2D eigenvalue weighted by Gasteiger charge is -2.24. The summed E-state index contributed by atoms with van der Waals surface area (Å²) < 4.78 is 8.90. The largest absolute Gasteiger partial charge is 0.390 e. The van der Waals surface area contributed by atoms with Crippen LogP contribution in [0.25, 0.3) is 0 Å². The predicted octanol–water partition coefficient (Wildman–Crippen LogP) is 1.98. The van der Waals surface area contributed by atoms with Gasteiger partial charge in [0.15, 0.2) is 0 Å². The standard InChI is InChI=1S/C9H14N2OS2/c1-7-6-8(13-9(7)10)14-11-2-4-12-5-3-11/h6H,2-5,10H2,1H3. The molecule has 0 bridgehead atoms. The first-order chi connectivity index (χ1) is 6.75. The van der Waals surface area contributed by atoms with Gasteiger partial charge in [-0.25, -0.2) is 4.31 Å². The molecule has 0 spiro atoms. The Morgan fingerprint density at radius 1 is 1.50 bits per heavy atom. The third kappa shape index (κ3) is 2.42. The van der Waals surface area contributed by atoms with Crippen LogP contribution < -0.4 is 5.73 Å². The van der Waals surface area contributed by atoms with Crippen molar-refractivity contribution in [1.82, 2.24) is 4.31 Å². The van der Waals surface area contributed by atoms with Crippen LogP contribution in [0, 0.1) is 6.92 Å². The summed E-state index contributed by atoms with van der Waals surface area (Å²) in [5.41, 5.74) is 6.99. The van der Waals surface area contributed by atoms with Crippen molar-refractivity contribution in [2.24, 2.45) is 0 Å². The van der Waals surface area contributed by atoms with Crippen molar-refractivity contribution in [1.29, 1.82) is 0 Å². The number of nitrogens with two attached hydrogens (primary N) is 1. The first-order valence-electron chi connectivity index (χ1n) is 4.62. The minimum absolute atomic E-state index is 0.840. The van der Waals surface area contributed by atoms with Crippen LogP contribution in [0.5, 0.6) is 0 Å². The molecule has 0 saturated carbocycles. The fourth-order valence-electron chi connectivity index (χ4n) is 1.28. The zero-order chi connectivity index (χ0) is 9.97. The highest BCUT2D eigenvalue weighted by Gasteiger charge is 2.13. The number of aryl methyl sites for hydroxylation is 1. The van der Waals surface area contributed by atoms with Crippen molar-refractivity contribution in [3.05, 3.63) is 11.6 Å². The normalized spacial score (nSPS) is 18.6. The predicted molar refractivity (Wildman–Crippen MR) is 61.7 cm³/mol. The number of morpholine rings is 1. The fraction of sp³-hybridized carbons (Fsp3) is 0.556. The summed E-state index contributed by atoms with van der Waals surface area (Å²) >= 11 is 3.46. The minimum Gasteiger partial charge on any atom is -0.390 e. The zero-order valence-electron chi connectivity index (χ0n) is 8.16. The number of rotatable bonds is 2. The van der Waals surface area contributed by atoms with Gasteiger partial charge in [0.05, 0.1) is 22.4 Å². The quantitative estimate of drug-likeness (QED) is 0.788. The van der Waals surface area contributed by atoms with Crippen LogP contribution in [0.15, 0.2) is 10.3 Å². The molecule has 1 saturated heterocycles. The first-order valence-corrected chi connectivity index (χ1v) is 6.21. The highest BCUT2D eigenvalue weighted by Crippen LogP contribution is 2.34. The maximum atomic E-state index is 5.81. The Labute approximate surface area is 92.4 Å². The molecule has 14 heavy (non-hydrogen) atoms. The number of nitrogens with zero attached hydrogens (tertiary/aromatic N) is 1. The number of anilines is 1.